The Kier molecular flexibility index (Phi) is 8.62. The third-order valence-electron chi connectivity index (χ3n) is 1.92. The molecule has 0 rings (SSSR count). The summed E-state index contributed by atoms with van der Waals surface area (Å²) in [7, 11) is 0. The highest BCUT2D eigenvalue weighted by Crippen LogP contribution is 2.07. The lowest BCUT2D eigenvalue weighted by molar-refractivity contribution is -0.137. The van der Waals surface area contributed by atoms with E-state index < -0.39 is 5.97 Å². The summed E-state index contributed by atoms with van der Waals surface area (Å²) in [5.74, 6) is -0.712. The first-order chi connectivity index (χ1) is 6.27. The van der Waals surface area contributed by atoms with E-state index in [4.69, 9.17) is 5.11 Å². The Balaban J connectivity index is 2.91. The zero-order chi connectivity index (χ0) is 9.94. The molecular formula is C10H17O3. The van der Waals surface area contributed by atoms with Gasteiger partial charge >= 0.3 is 5.97 Å². The summed E-state index contributed by atoms with van der Waals surface area (Å²) in [4.78, 5) is 20.0. The van der Waals surface area contributed by atoms with E-state index in [0.29, 0.717) is 6.42 Å². The Morgan fingerprint density at radius 1 is 1.00 bits per heavy atom. The smallest absolute Gasteiger partial charge is 0.303 e. The predicted molar refractivity (Wildman–Crippen MR) is 50.3 cm³/mol. The minimum atomic E-state index is -0.712. The molecule has 0 bridgehead atoms. The van der Waals surface area contributed by atoms with Crippen LogP contribution in [0.4, 0.5) is 0 Å². The van der Waals surface area contributed by atoms with Crippen molar-refractivity contribution >= 4 is 12.3 Å². The lowest BCUT2D eigenvalue weighted by atomic mass is 10.1. The van der Waals surface area contributed by atoms with Crippen LogP contribution in [-0.2, 0) is 9.59 Å². The van der Waals surface area contributed by atoms with Gasteiger partial charge in [0.25, 0.3) is 0 Å². The molecule has 3 nitrogen and oxygen atoms in total. The Bertz CT molecular complexity index is 143. The molecule has 0 aromatic rings. The molecule has 0 aliphatic heterocycles. The average Bonchev–Trinajstić information content (AvgIpc) is 2.09. The molecule has 0 amide bonds. The number of hydrogen-bond donors (Lipinski definition) is 1. The van der Waals surface area contributed by atoms with E-state index in [-0.39, 0.29) is 6.42 Å². The monoisotopic (exact) mass is 185 g/mol. The van der Waals surface area contributed by atoms with E-state index in [0.717, 1.165) is 38.5 Å². The van der Waals surface area contributed by atoms with Crippen molar-refractivity contribution in [2.45, 2.75) is 51.4 Å². The first-order valence-electron chi connectivity index (χ1n) is 4.84. The van der Waals surface area contributed by atoms with Crippen LogP contribution in [0.3, 0.4) is 0 Å². The van der Waals surface area contributed by atoms with Crippen LogP contribution in [0.1, 0.15) is 51.4 Å². The fraction of sp³-hybridized carbons (Fsp3) is 0.800. The van der Waals surface area contributed by atoms with Gasteiger partial charge in [-0.2, -0.15) is 0 Å². The van der Waals surface area contributed by atoms with Gasteiger partial charge in [-0.3, -0.25) is 9.59 Å². The van der Waals surface area contributed by atoms with Crippen molar-refractivity contribution in [1.29, 1.82) is 0 Å². The molecule has 0 unspecified atom stereocenters. The number of rotatable bonds is 9. The van der Waals surface area contributed by atoms with Gasteiger partial charge < -0.3 is 5.11 Å². The van der Waals surface area contributed by atoms with Gasteiger partial charge in [0.05, 0.1) is 0 Å². The van der Waals surface area contributed by atoms with Gasteiger partial charge in [-0.05, 0) is 12.8 Å². The molecule has 0 spiro atoms. The Labute approximate surface area is 79.1 Å². The van der Waals surface area contributed by atoms with Gasteiger partial charge in [0.15, 0.2) is 6.29 Å². The lowest BCUT2D eigenvalue weighted by Gasteiger charge is -1.98. The normalized spacial score (nSPS) is 9.85. The molecule has 0 saturated carbocycles. The van der Waals surface area contributed by atoms with Crippen LogP contribution >= 0.6 is 0 Å². The highest BCUT2D eigenvalue weighted by Gasteiger charge is 1.96. The van der Waals surface area contributed by atoms with Gasteiger partial charge in [-0.25, -0.2) is 0 Å². The zero-order valence-electron chi connectivity index (χ0n) is 7.92. The first kappa shape index (κ1) is 12.1. The number of carbonyl (C=O) groups is 1. The average molecular weight is 185 g/mol. The second-order valence-corrected chi connectivity index (χ2v) is 3.16. The standard InChI is InChI=1S/C10H17O3/c11-9-7-5-3-1-2-4-6-8-10(12)13/h1-8H2,(H,12,13). The number of carboxylic acid groups (broad SMARTS) is 1. The maximum Gasteiger partial charge on any atom is 0.303 e. The molecule has 0 aliphatic rings. The fourth-order valence-electron chi connectivity index (χ4n) is 1.18. The van der Waals surface area contributed by atoms with Crippen LogP contribution in [0.2, 0.25) is 0 Å². The number of unbranched alkanes of at least 4 members (excludes halogenated alkanes) is 6. The van der Waals surface area contributed by atoms with Crippen LogP contribution < -0.4 is 0 Å². The van der Waals surface area contributed by atoms with Gasteiger partial charge in [0.2, 0.25) is 0 Å². The molecule has 13 heavy (non-hydrogen) atoms. The number of aliphatic carboxylic acids is 1. The Hall–Kier alpha value is -0.860. The number of carboxylic acids is 1. The quantitative estimate of drug-likeness (QED) is 0.561. The minimum absolute atomic E-state index is 0.280. The van der Waals surface area contributed by atoms with Crippen molar-refractivity contribution in [2.75, 3.05) is 0 Å². The summed E-state index contributed by atoms with van der Waals surface area (Å²) in [6.07, 6.45) is 8.58. The molecule has 0 saturated heterocycles. The highest BCUT2D eigenvalue weighted by atomic mass is 16.4. The number of hydrogen-bond acceptors (Lipinski definition) is 2. The molecule has 0 aromatic carbocycles. The van der Waals surface area contributed by atoms with Crippen molar-refractivity contribution < 1.29 is 14.7 Å². The van der Waals surface area contributed by atoms with Crippen LogP contribution in [-0.4, -0.2) is 17.4 Å². The maximum atomic E-state index is 10.1. The van der Waals surface area contributed by atoms with Gasteiger partial charge in [-0.15, -0.1) is 0 Å². The third kappa shape index (κ3) is 11.1. The Morgan fingerprint density at radius 3 is 2.08 bits per heavy atom. The molecule has 0 atom stereocenters. The fourth-order valence-corrected chi connectivity index (χ4v) is 1.18. The molecule has 0 aromatic heterocycles. The van der Waals surface area contributed by atoms with Crippen LogP contribution in [0.15, 0.2) is 0 Å². The molecule has 0 fully saturated rings. The second-order valence-electron chi connectivity index (χ2n) is 3.16. The zero-order valence-corrected chi connectivity index (χ0v) is 7.92. The largest absolute Gasteiger partial charge is 0.481 e. The van der Waals surface area contributed by atoms with Crippen molar-refractivity contribution in [1.82, 2.24) is 0 Å². The Morgan fingerprint density at radius 2 is 1.54 bits per heavy atom. The molecular weight excluding hydrogens is 168 g/mol. The molecule has 75 valence electrons. The molecule has 0 heterocycles. The molecule has 0 aliphatic carbocycles. The predicted octanol–water partition coefficient (Wildman–Crippen LogP) is 2.30. The maximum absolute atomic E-state index is 10.1. The summed E-state index contributed by atoms with van der Waals surface area (Å²) < 4.78 is 0. The van der Waals surface area contributed by atoms with E-state index in [1.165, 1.54) is 0 Å². The van der Waals surface area contributed by atoms with Crippen molar-refractivity contribution in [3.05, 3.63) is 0 Å². The summed E-state index contributed by atoms with van der Waals surface area (Å²) >= 11 is 0. The highest BCUT2D eigenvalue weighted by molar-refractivity contribution is 5.66. The van der Waals surface area contributed by atoms with Crippen molar-refractivity contribution in [2.24, 2.45) is 0 Å². The van der Waals surface area contributed by atoms with Crippen LogP contribution in [0, 0.1) is 0 Å². The summed E-state index contributed by atoms with van der Waals surface area (Å²) in [6, 6.07) is 0. The van der Waals surface area contributed by atoms with Crippen LogP contribution in [0.5, 0.6) is 0 Å². The summed E-state index contributed by atoms with van der Waals surface area (Å²) in [6.45, 7) is 0. The minimum Gasteiger partial charge on any atom is -0.481 e. The molecule has 1 radical (unpaired) electrons. The summed E-state index contributed by atoms with van der Waals surface area (Å²) in [5, 5.41) is 8.34. The lowest BCUT2D eigenvalue weighted by Crippen LogP contribution is -1.93. The van der Waals surface area contributed by atoms with E-state index >= 15 is 0 Å². The summed E-state index contributed by atoms with van der Waals surface area (Å²) in [5.41, 5.74) is 0. The van der Waals surface area contributed by atoms with E-state index in [1.54, 1.807) is 0 Å². The van der Waals surface area contributed by atoms with Crippen LogP contribution in [0.25, 0.3) is 0 Å². The van der Waals surface area contributed by atoms with Crippen molar-refractivity contribution in [3.8, 4) is 0 Å². The first-order valence-corrected chi connectivity index (χ1v) is 4.84. The molecule has 3 heteroatoms. The number of carbonyl (C=O) groups excluding carboxylic acids is 1. The van der Waals surface area contributed by atoms with E-state index in [1.807, 2.05) is 6.29 Å². The van der Waals surface area contributed by atoms with Gasteiger partial charge in [0, 0.05) is 12.8 Å². The van der Waals surface area contributed by atoms with E-state index in [9.17, 15) is 9.59 Å². The second kappa shape index (κ2) is 9.23. The molecule has 1 N–H and O–H groups in total. The van der Waals surface area contributed by atoms with Crippen molar-refractivity contribution in [3.63, 3.8) is 0 Å². The van der Waals surface area contributed by atoms with E-state index in [2.05, 4.69) is 0 Å². The SMILES string of the molecule is O=[C]CCCCCCCCC(=O)O. The van der Waals surface area contributed by atoms with Gasteiger partial charge in [-0.1, -0.05) is 25.7 Å². The third-order valence-corrected chi connectivity index (χ3v) is 1.92. The van der Waals surface area contributed by atoms with Gasteiger partial charge in [0.1, 0.15) is 0 Å². The topological polar surface area (TPSA) is 54.4 Å².